The number of ether oxygens (including phenoxy) is 3. The summed E-state index contributed by atoms with van der Waals surface area (Å²) >= 11 is 0. The highest BCUT2D eigenvalue weighted by atomic mass is 16.5. The summed E-state index contributed by atoms with van der Waals surface area (Å²) in [5.74, 6) is 0.702. The Hall–Kier alpha value is -1.17. The van der Waals surface area contributed by atoms with Crippen LogP contribution < -0.4 is 10.5 Å². The van der Waals surface area contributed by atoms with Gasteiger partial charge in [-0.2, -0.15) is 0 Å². The van der Waals surface area contributed by atoms with Crippen molar-refractivity contribution in [1.82, 2.24) is 4.98 Å². The van der Waals surface area contributed by atoms with Crippen molar-refractivity contribution in [2.24, 2.45) is 5.73 Å². The Labute approximate surface area is 107 Å². The third kappa shape index (κ3) is 2.34. The Morgan fingerprint density at radius 1 is 1.39 bits per heavy atom. The number of methoxy groups -OCH3 is 2. The first-order valence-corrected chi connectivity index (χ1v) is 6.11. The molecule has 100 valence electrons. The summed E-state index contributed by atoms with van der Waals surface area (Å²) in [6.45, 7) is 1.33. The maximum atomic E-state index is 6.37. The SMILES string of the molecule is COc1cccnc1C(N)C1(OC)CCOCC1. The molecule has 1 fully saturated rings. The number of nitrogens with two attached hydrogens (primary N) is 1. The molecule has 1 saturated heterocycles. The molecular formula is C13H20N2O3. The van der Waals surface area contributed by atoms with Gasteiger partial charge in [0.05, 0.1) is 18.8 Å². The van der Waals surface area contributed by atoms with Crippen LogP contribution in [0.2, 0.25) is 0 Å². The van der Waals surface area contributed by atoms with Gasteiger partial charge >= 0.3 is 0 Å². The first kappa shape index (κ1) is 13.3. The first-order chi connectivity index (χ1) is 8.73. The standard InChI is InChI=1S/C13H20N2O3/c1-16-10-4-3-7-15-11(10)12(14)13(17-2)5-8-18-9-6-13/h3-4,7,12H,5-6,8-9,14H2,1-2H3. The minimum absolute atomic E-state index is 0.317. The first-order valence-electron chi connectivity index (χ1n) is 6.11. The van der Waals surface area contributed by atoms with E-state index in [1.807, 2.05) is 12.1 Å². The zero-order valence-corrected chi connectivity index (χ0v) is 10.9. The van der Waals surface area contributed by atoms with Crippen molar-refractivity contribution in [1.29, 1.82) is 0 Å². The molecule has 0 aliphatic carbocycles. The lowest BCUT2D eigenvalue weighted by molar-refractivity contribution is -0.105. The highest BCUT2D eigenvalue weighted by Crippen LogP contribution is 2.37. The molecule has 0 spiro atoms. The maximum absolute atomic E-state index is 6.37. The molecule has 2 N–H and O–H groups in total. The molecular weight excluding hydrogens is 232 g/mol. The molecule has 5 nitrogen and oxygen atoms in total. The predicted octanol–water partition coefficient (Wildman–Crippen LogP) is 1.29. The monoisotopic (exact) mass is 252 g/mol. The number of hydrogen-bond donors (Lipinski definition) is 1. The highest BCUT2D eigenvalue weighted by Gasteiger charge is 2.41. The molecule has 1 aliphatic rings. The molecule has 1 atom stereocenters. The molecule has 0 aromatic carbocycles. The van der Waals surface area contributed by atoms with Gasteiger partial charge in [0.1, 0.15) is 11.4 Å². The second-order valence-corrected chi connectivity index (χ2v) is 4.45. The molecule has 0 amide bonds. The Morgan fingerprint density at radius 2 is 2.11 bits per heavy atom. The van der Waals surface area contributed by atoms with E-state index in [0.717, 1.165) is 18.5 Å². The molecule has 0 saturated carbocycles. The third-order valence-electron chi connectivity index (χ3n) is 3.63. The van der Waals surface area contributed by atoms with Gasteiger partial charge in [-0.15, -0.1) is 0 Å². The van der Waals surface area contributed by atoms with E-state index in [4.69, 9.17) is 19.9 Å². The molecule has 0 bridgehead atoms. The summed E-state index contributed by atoms with van der Waals surface area (Å²) in [6, 6.07) is 3.38. The van der Waals surface area contributed by atoms with Gasteiger partial charge in [-0.25, -0.2) is 0 Å². The van der Waals surface area contributed by atoms with Crippen molar-refractivity contribution in [3.63, 3.8) is 0 Å². The summed E-state index contributed by atoms with van der Waals surface area (Å²) in [6.07, 6.45) is 3.26. The number of pyridine rings is 1. The highest BCUT2D eigenvalue weighted by molar-refractivity contribution is 5.31. The zero-order chi connectivity index (χ0) is 13.0. The average molecular weight is 252 g/mol. The summed E-state index contributed by atoms with van der Waals surface area (Å²) in [5.41, 5.74) is 6.69. The van der Waals surface area contributed by atoms with E-state index in [1.165, 1.54) is 0 Å². The van der Waals surface area contributed by atoms with E-state index < -0.39 is 5.60 Å². The fourth-order valence-corrected chi connectivity index (χ4v) is 2.42. The Balaban J connectivity index is 2.30. The molecule has 1 aromatic rings. The van der Waals surface area contributed by atoms with Gasteiger partial charge in [0.15, 0.2) is 0 Å². The quantitative estimate of drug-likeness (QED) is 0.874. The maximum Gasteiger partial charge on any atom is 0.142 e. The molecule has 1 unspecified atom stereocenters. The minimum atomic E-state index is -0.417. The van der Waals surface area contributed by atoms with Crippen LogP contribution in [-0.4, -0.2) is 38.0 Å². The van der Waals surface area contributed by atoms with Crippen LogP contribution in [0.5, 0.6) is 5.75 Å². The van der Waals surface area contributed by atoms with Gasteiger partial charge in [0.2, 0.25) is 0 Å². The number of aromatic nitrogens is 1. The zero-order valence-electron chi connectivity index (χ0n) is 10.9. The molecule has 1 aliphatic heterocycles. The molecule has 18 heavy (non-hydrogen) atoms. The van der Waals surface area contributed by atoms with Crippen LogP contribution in [0, 0.1) is 0 Å². The summed E-state index contributed by atoms with van der Waals surface area (Å²) < 4.78 is 16.4. The Bertz CT molecular complexity index is 392. The lowest BCUT2D eigenvalue weighted by atomic mass is 9.84. The largest absolute Gasteiger partial charge is 0.495 e. The second kappa shape index (κ2) is 5.65. The summed E-state index contributed by atoms with van der Waals surface area (Å²) in [4.78, 5) is 4.35. The van der Waals surface area contributed by atoms with Crippen LogP contribution in [0.3, 0.4) is 0 Å². The van der Waals surface area contributed by atoms with E-state index in [-0.39, 0.29) is 6.04 Å². The van der Waals surface area contributed by atoms with Gasteiger partial charge in [-0.05, 0) is 12.1 Å². The summed E-state index contributed by atoms with van der Waals surface area (Å²) in [7, 11) is 3.32. The predicted molar refractivity (Wildman–Crippen MR) is 67.5 cm³/mol. The van der Waals surface area contributed by atoms with Crippen molar-refractivity contribution in [2.75, 3.05) is 27.4 Å². The van der Waals surface area contributed by atoms with Gasteiger partial charge < -0.3 is 19.9 Å². The van der Waals surface area contributed by atoms with Gasteiger partial charge in [0.25, 0.3) is 0 Å². The summed E-state index contributed by atoms with van der Waals surface area (Å²) in [5, 5.41) is 0. The minimum Gasteiger partial charge on any atom is -0.495 e. The van der Waals surface area contributed by atoms with Crippen LogP contribution in [0.4, 0.5) is 0 Å². The van der Waals surface area contributed by atoms with E-state index in [1.54, 1.807) is 20.4 Å². The fraction of sp³-hybridized carbons (Fsp3) is 0.615. The molecule has 5 heteroatoms. The Kier molecular flexibility index (Phi) is 4.16. The topological polar surface area (TPSA) is 66.6 Å². The molecule has 2 rings (SSSR count). The Morgan fingerprint density at radius 3 is 2.72 bits per heavy atom. The van der Waals surface area contributed by atoms with Crippen LogP contribution in [-0.2, 0) is 9.47 Å². The van der Waals surface area contributed by atoms with Gasteiger partial charge in [-0.3, -0.25) is 4.98 Å². The number of hydrogen-bond acceptors (Lipinski definition) is 5. The van der Waals surface area contributed by atoms with E-state index in [0.29, 0.717) is 19.0 Å². The lowest BCUT2D eigenvalue weighted by Crippen LogP contribution is -2.47. The third-order valence-corrected chi connectivity index (χ3v) is 3.63. The van der Waals surface area contributed by atoms with Crippen LogP contribution >= 0.6 is 0 Å². The lowest BCUT2D eigenvalue weighted by Gasteiger charge is -2.40. The number of rotatable bonds is 4. The van der Waals surface area contributed by atoms with Gasteiger partial charge in [0, 0.05) is 39.4 Å². The van der Waals surface area contributed by atoms with E-state index in [2.05, 4.69) is 4.98 Å². The molecule has 0 radical (unpaired) electrons. The smallest absolute Gasteiger partial charge is 0.142 e. The van der Waals surface area contributed by atoms with E-state index in [9.17, 15) is 0 Å². The molecule has 2 heterocycles. The van der Waals surface area contributed by atoms with Crippen LogP contribution in [0.25, 0.3) is 0 Å². The van der Waals surface area contributed by atoms with Crippen LogP contribution in [0.15, 0.2) is 18.3 Å². The van der Waals surface area contributed by atoms with Crippen LogP contribution in [0.1, 0.15) is 24.6 Å². The number of nitrogens with zero attached hydrogens (tertiary/aromatic N) is 1. The fourth-order valence-electron chi connectivity index (χ4n) is 2.42. The normalized spacial score (nSPS) is 20.4. The van der Waals surface area contributed by atoms with Crippen molar-refractivity contribution >= 4 is 0 Å². The van der Waals surface area contributed by atoms with Crippen molar-refractivity contribution < 1.29 is 14.2 Å². The second-order valence-electron chi connectivity index (χ2n) is 4.45. The van der Waals surface area contributed by atoms with Crippen molar-refractivity contribution in [2.45, 2.75) is 24.5 Å². The van der Waals surface area contributed by atoms with Crippen molar-refractivity contribution in [3.05, 3.63) is 24.0 Å². The average Bonchev–Trinajstić information content (AvgIpc) is 2.47. The van der Waals surface area contributed by atoms with E-state index >= 15 is 0 Å². The molecule has 1 aromatic heterocycles. The van der Waals surface area contributed by atoms with Gasteiger partial charge in [-0.1, -0.05) is 0 Å². The van der Waals surface area contributed by atoms with Crippen molar-refractivity contribution in [3.8, 4) is 5.75 Å².